The molecule has 0 aliphatic rings. The van der Waals surface area contributed by atoms with E-state index in [0.29, 0.717) is 22.2 Å². The van der Waals surface area contributed by atoms with E-state index >= 15 is 0 Å². The molecule has 160 valence electrons. The summed E-state index contributed by atoms with van der Waals surface area (Å²) in [7, 11) is 0. The van der Waals surface area contributed by atoms with Crippen LogP contribution in [-0.2, 0) is 14.3 Å². The molecule has 7 nitrogen and oxygen atoms in total. The SMILES string of the molecule is Cc1cc(C)c(NC(=O)CNC(=O)COC(=O)c2cc(C)nc3ccccc23)c(C)c1. The highest BCUT2D eigenvalue weighted by Gasteiger charge is 2.16. The lowest BCUT2D eigenvalue weighted by molar-refractivity contribution is -0.126. The number of carbonyl (C=O) groups is 3. The zero-order valence-electron chi connectivity index (χ0n) is 18.0. The molecule has 0 radical (unpaired) electrons. The summed E-state index contributed by atoms with van der Waals surface area (Å²) in [6, 6.07) is 12.8. The van der Waals surface area contributed by atoms with Crippen LogP contribution in [0.1, 0.15) is 32.7 Å². The molecule has 0 spiro atoms. The summed E-state index contributed by atoms with van der Waals surface area (Å²) >= 11 is 0. The molecule has 0 aliphatic carbocycles. The smallest absolute Gasteiger partial charge is 0.339 e. The number of anilines is 1. The summed E-state index contributed by atoms with van der Waals surface area (Å²) in [5, 5.41) is 5.93. The highest BCUT2D eigenvalue weighted by atomic mass is 16.5. The molecule has 0 saturated carbocycles. The van der Waals surface area contributed by atoms with Gasteiger partial charge in [-0.25, -0.2) is 4.79 Å². The Kier molecular flexibility index (Phi) is 6.65. The minimum Gasteiger partial charge on any atom is -0.452 e. The van der Waals surface area contributed by atoms with Gasteiger partial charge in [0.25, 0.3) is 5.91 Å². The zero-order valence-corrected chi connectivity index (χ0v) is 18.0. The third-order valence-electron chi connectivity index (χ3n) is 4.79. The van der Waals surface area contributed by atoms with E-state index in [9.17, 15) is 14.4 Å². The summed E-state index contributed by atoms with van der Waals surface area (Å²) < 4.78 is 5.14. The first kappa shape index (κ1) is 22.0. The van der Waals surface area contributed by atoms with Crippen molar-refractivity contribution in [1.82, 2.24) is 10.3 Å². The Hall–Kier alpha value is -3.74. The van der Waals surface area contributed by atoms with Crippen molar-refractivity contribution in [3.63, 3.8) is 0 Å². The topological polar surface area (TPSA) is 97.4 Å². The van der Waals surface area contributed by atoms with E-state index in [-0.39, 0.29) is 12.5 Å². The standard InChI is InChI=1S/C24H25N3O4/c1-14-9-15(2)23(16(3)10-14)27-21(28)12-25-22(29)13-31-24(30)19-11-17(4)26-20-8-6-5-7-18(19)20/h5-11H,12-13H2,1-4H3,(H,25,29)(H,27,28). The second kappa shape index (κ2) is 9.38. The van der Waals surface area contributed by atoms with Gasteiger partial charge in [0, 0.05) is 16.8 Å². The number of amides is 2. The van der Waals surface area contributed by atoms with Crippen LogP contribution in [-0.4, -0.2) is 35.9 Å². The van der Waals surface area contributed by atoms with Crippen molar-refractivity contribution >= 4 is 34.4 Å². The number of para-hydroxylation sites is 1. The minimum absolute atomic E-state index is 0.222. The van der Waals surface area contributed by atoms with Gasteiger partial charge in [0.05, 0.1) is 17.6 Å². The third kappa shape index (κ3) is 5.45. The highest BCUT2D eigenvalue weighted by Crippen LogP contribution is 2.22. The highest BCUT2D eigenvalue weighted by molar-refractivity contribution is 6.04. The monoisotopic (exact) mass is 419 g/mol. The van der Waals surface area contributed by atoms with Gasteiger partial charge in [-0.3, -0.25) is 14.6 Å². The van der Waals surface area contributed by atoms with E-state index in [1.165, 1.54) is 0 Å². The number of esters is 1. The Morgan fingerprint density at radius 3 is 2.32 bits per heavy atom. The van der Waals surface area contributed by atoms with Crippen molar-refractivity contribution < 1.29 is 19.1 Å². The first-order valence-corrected chi connectivity index (χ1v) is 9.92. The number of benzene rings is 2. The number of nitrogens with one attached hydrogen (secondary N) is 2. The maximum atomic E-state index is 12.5. The first-order valence-electron chi connectivity index (χ1n) is 9.92. The minimum atomic E-state index is -0.618. The van der Waals surface area contributed by atoms with Gasteiger partial charge in [-0.15, -0.1) is 0 Å². The maximum absolute atomic E-state index is 12.5. The van der Waals surface area contributed by atoms with E-state index in [4.69, 9.17) is 4.74 Å². The Balaban J connectivity index is 1.54. The number of carbonyl (C=O) groups excluding carboxylic acids is 3. The predicted octanol–water partition coefficient (Wildman–Crippen LogP) is 3.38. The van der Waals surface area contributed by atoms with Gasteiger partial charge in [0.15, 0.2) is 6.61 Å². The number of aryl methyl sites for hydroxylation is 4. The van der Waals surface area contributed by atoms with Gasteiger partial charge >= 0.3 is 5.97 Å². The second-order valence-electron chi connectivity index (χ2n) is 7.50. The van der Waals surface area contributed by atoms with Gasteiger partial charge in [-0.1, -0.05) is 35.9 Å². The van der Waals surface area contributed by atoms with E-state index in [2.05, 4.69) is 15.6 Å². The molecule has 0 bridgehead atoms. The molecule has 2 N–H and O–H groups in total. The largest absolute Gasteiger partial charge is 0.452 e. The fraction of sp³-hybridized carbons (Fsp3) is 0.250. The summed E-state index contributed by atoms with van der Waals surface area (Å²) in [6.45, 7) is 6.90. The summed E-state index contributed by atoms with van der Waals surface area (Å²) in [6.07, 6.45) is 0. The van der Waals surface area contributed by atoms with Gasteiger partial charge in [-0.05, 0) is 51.0 Å². The van der Waals surface area contributed by atoms with Crippen LogP contribution in [0.3, 0.4) is 0 Å². The van der Waals surface area contributed by atoms with Gasteiger partial charge < -0.3 is 15.4 Å². The number of fused-ring (bicyclic) bond motifs is 1. The van der Waals surface area contributed by atoms with Crippen LogP contribution in [0.2, 0.25) is 0 Å². The number of aromatic nitrogens is 1. The van der Waals surface area contributed by atoms with E-state index < -0.39 is 18.5 Å². The molecule has 3 rings (SSSR count). The molecule has 0 unspecified atom stereocenters. The van der Waals surface area contributed by atoms with Gasteiger partial charge in [0.1, 0.15) is 0 Å². The van der Waals surface area contributed by atoms with E-state index in [0.717, 1.165) is 22.4 Å². The maximum Gasteiger partial charge on any atom is 0.339 e. The number of ether oxygens (including phenoxy) is 1. The summed E-state index contributed by atoms with van der Waals surface area (Å²) in [5.41, 5.74) is 5.44. The predicted molar refractivity (Wildman–Crippen MR) is 119 cm³/mol. The van der Waals surface area contributed by atoms with Crippen LogP contribution in [0.15, 0.2) is 42.5 Å². The lowest BCUT2D eigenvalue weighted by Crippen LogP contribution is -2.35. The molecule has 31 heavy (non-hydrogen) atoms. The number of hydrogen-bond donors (Lipinski definition) is 2. The Labute approximate surface area is 180 Å². The van der Waals surface area contributed by atoms with Crippen molar-refractivity contribution in [3.05, 3.63) is 70.4 Å². The zero-order chi connectivity index (χ0) is 22.5. The molecular formula is C24H25N3O4. The molecule has 3 aromatic rings. The van der Waals surface area contributed by atoms with Gasteiger partial charge in [0.2, 0.25) is 5.91 Å². The number of rotatable bonds is 6. The molecular weight excluding hydrogens is 394 g/mol. The first-order chi connectivity index (χ1) is 14.7. The van der Waals surface area contributed by atoms with Crippen molar-refractivity contribution in [2.24, 2.45) is 0 Å². The fourth-order valence-corrected chi connectivity index (χ4v) is 3.48. The third-order valence-corrected chi connectivity index (χ3v) is 4.79. The van der Waals surface area contributed by atoms with Crippen LogP contribution >= 0.6 is 0 Å². The van der Waals surface area contributed by atoms with Gasteiger partial charge in [-0.2, -0.15) is 0 Å². The van der Waals surface area contributed by atoms with Crippen LogP contribution in [0.25, 0.3) is 10.9 Å². The fourth-order valence-electron chi connectivity index (χ4n) is 3.48. The lowest BCUT2D eigenvalue weighted by Gasteiger charge is -2.13. The molecule has 2 aromatic carbocycles. The van der Waals surface area contributed by atoms with Crippen molar-refractivity contribution in [1.29, 1.82) is 0 Å². The van der Waals surface area contributed by atoms with E-state index in [1.54, 1.807) is 25.1 Å². The molecule has 0 saturated heterocycles. The Morgan fingerprint density at radius 2 is 1.61 bits per heavy atom. The molecule has 0 aliphatic heterocycles. The van der Waals surface area contributed by atoms with Crippen LogP contribution in [0.4, 0.5) is 5.69 Å². The average molecular weight is 419 g/mol. The summed E-state index contributed by atoms with van der Waals surface area (Å²) in [5.74, 6) is -1.53. The molecule has 2 amide bonds. The van der Waals surface area contributed by atoms with E-state index in [1.807, 2.05) is 45.0 Å². The van der Waals surface area contributed by atoms with Crippen molar-refractivity contribution in [2.75, 3.05) is 18.5 Å². The lowest BCUT2D eigenvalue weighted by atomic mass is 10.1. The number of hydrogen-bond acceptors (Lipinski definition) is 5. The van der Waals surface area contributed by atoms with Crippen molar-refractivity contribution in [3.8, 4) is 0 Å². The Bertz CT molecular complexity index is 1150. The Morgan fingerprint density at radius 1 is 0.935 bits per heavy atom. The molecule has 1 heterocycles. The quantitative estimate of drug-likeness (QED) is 0.597. The molecule has 7 heteroatoms. The number of nitrogens with zero attached hydrogens (tertiary/aromatic N) is 1. The molecule has 0 fully saturated rings. The summed E-state index contributed by atoms with van der Waals surface area (Å²) in [4.78, 5) is 41.1. The van der Waals surface area contributed by atoms with Crippen LogP contribution < -0.4 is 10.6 Å². The number of pyridine rings is 1. The van der Waals surface area contributed by atoms with Crippen molar-refractivity contribution in [2.45, 2.75) is 27.7 Å². The average Bonchev–Trinajstić information content (AvgIpc) is 2.72. The van der Waals surface area contributed by atoms with Crippen LogP contribution in [0, 0.1) is 27.7 Å². The second-order valence-corrected chi connectivity index (χ2v) is 7.50. The molecule has 1 aromatic heterocycles. The normalized spacial score (nSPS) is 10.6. The van der Waals surface area contributed by atoms with Crippen LogP contribution in [0.5, 0.6) is 0 Å². The molecule has 0 atom stereocenters.